The molecule has 4 heteroatoms. The lowest BCUT2D eigenvalue weighted by molar-refractivity contribution is 0.389. The molecule has 1 aliphatic rings. The minimum Gasteiger partial charge on any atom is -0.441 e. The Morgan fingerprint density at radius 2 is 1.80 bits per heavy atom. The van der Waals surface area contributed by atoms with Crippen LogP contribution >= 0.6 is 11.6 Å². The number of rotatable bonds is 2. The molecule has 4 rings (SSSR count). The Labute approximate surface area is 150 Å². The van der Waals surface area contributed by atoms with Crippen LogP contribution in [0.1, 0.15) is 23.5 Å². The van der Waals surface area contributed by atoms with E-state index in [0.717, 1.165) is 33.2 Å². The van der Waals surface area contributed by atoms with E-state index in [1.54, 1.807) is 0 Å². The summed E-state index contributed by atoms with van der Waals surface area (Å²) in [5.74, 6) is 0.911. The normalized spacial score (nSPS) is 16.2. The molecular formula is C21H15ClN2O. The van der Waals surface area contributed by atoms with E-state index in [9.17, 15) is 5.26 Å². The van der Waals surface area contributed by atoms with Crippen LogP contribution in [0.3, 0.4) is 0 Å². The highest BCUT2D eigenvalue weighted by molar-refractivity contribution is 6.30. The first kappa shape index (κ1) is 15.6. The van der Waals surface area contributed by atoms with Crippen molar-refractivity contribution in [2.45, 2.75) is 12.3 Å². The maximum atomic E-state index is 9.29. The van der Waals surface area contributed by atoms with Crippen LogP contribution in [0.4, 0.5) is 0 Å². The summed E-state index contributed by atoms with van der Waals surface area (Å²) in [5.41, 5.74) is 9.03. The van der Waals surface area contributed by atoms with E-state index in [1.165, 1.54) is 0 Å². The van der Waals surface area contributed by atoms with Crippen molar-refractivity contribution >= 4 is 22.4 Å². The van der Waals surface area contributed by atoms with Crippen molar-refractivity contribution in [3.8, 4) is 11.8 Å². The number of ether oxygens (including phenoxy) is 1. The standard InChI is InChI=1S/C21H15ClN2O/c22-15-8-5-14(6-9-15)19-17(11-12-23)21(24)25-18-10-7-13-3-1-2-4-16(13)20(18)19/h1-10,19H,11,24H2. The molecule has 2 N–H and O–H groups in total. The number of allylic oxidation sites excluding steroid dienone is 1. The van der Waals surface area contributed by atoms with Gasteiger partial charge < -0.3 is 10.5 Å². The molecule has 1 unspecified atom stereocenters. The summed E-state index contributed by atoms with van der Waals surface area (Å²) in [4.78, 5) is 0. The highest BCUT2D eigenvalue weighted by Gasteiger charge is 2.31. The van der Waals surface area contributed by atoms with E-state index < -0.39 is 0 Å². The predicted molar refractivity (Wildman–Crippen MR) is 99.3 cm³/mol. The zero-order valence-electron chi connectivity index (χ0n) is 13.4. The van der Waals surface area contributed by atoms with Gasteiger partial charge in [0.25, 0.3) is 0 Å². The SMILES string of the molecule is N#CCC1=C(N)Oc2ccc3ccccc3c2C1c1ccc(Cl)cc1. The van der Waals surface area contributed by atoms with Gasteiger partial charge in [-0.3, -0.25) is 0 Å². The van der Waals surface area contributed by atoms with Crippen molar-refractivity contribution in [1.29, 1.82) is 5.26 Å². The summed E-state index contributed by atoms with van der Waals surface area (Å²) in [5, 5.41) is 12.2. The molecule has 1 atom stereocenters. The quantitative estimate of drug-likeness (QED) is 0.702. The fourth-order valence-corrected chi connectivity index (χ4v) is 3.59. The van der Waals surface area contributed by atoms with Gasteiger partial charge in [-0.2, -0.15) is 5.26 Å². The molecule has 0 amide bonds. The van der Waals surface area contributed by atoms with Gasteiger partial charge in [0.2, 0.25) is 0 Å². The smallest absolute Gasteiger partial charge is 0.192 e. The maximum Gasteiger partial charge on any atom is 0.192 e. The second-order valence-electron chi connectivity index (χ2n) is 6.01. The number of nitriles is 1. The van der Waals surface area contributed by atoms with Gasteiger partial charge in [0.15, 0.2) is 5.88 Å². The lowest BCUT2D eigenvalue weighted by atomic mass is 9.80. The molecule has 0 aromatic heterocycles. The van der Waals surface area contributed by atoms with E-state index in [4.69, 9.17) is 22.1 Å². The Bertz CT molecular complexity index is 1030. The first-order valence-corrected chi connectivity index (χ1v) is 8.37. The second kappa shape index (κ2) is 6.16. The summed E-state index contributed by atoms with van der Waals surface area (Å²) in [7, 11) is 0. The van der Waals surface area contributed by atoms with Crippen molar-refractivity contribution in [1.82, 2.24) is 0 Å². The van der Waals surface area contributed by atoms with Crippen LogP contribution < -0.4 is 10.5 Å². The van der Waals surface area contributed by atoms with Crippen molar-refractivity contribution in [3.63, 3.8) is 0 Å². The van der Waals surface area contributed by atoms with Crippen molar-refractivity contribution in [2.75, 3.05) is 0 Å². The second-order valence-corrected chi connectivity index (χ2v) is 6.45. The fourth-order valence-electron chi connectivity index (χ4n) is 3.46. The number of nitrogens with two attached hydrogens (primary N) is 1. The Balaban J connectivity index is 2.02. The average Bonchev–Trinajstić information content (AvgIpc) is 2.63. The summed E-state index contributed by atoms with van der Waals surface area (Å²) < 4.78 is 5.86. The molecule has 0 radical (unpaired) electrons. The van der Waals surface area contributed by atoms with E-state index in [1.807, 2.05) is 48.5 Å². The first-order valence-electron chi connectivity index (χ1n) is 7.99. The lowest BCUT2D eigenvalue weighted by Gasteiger charge is -2.30. The molecule has 3 aromatic carbocycles. The third-order valence-electron chi connectivity index (χ3n) is 4.58. The van der Waals surface area contributed by atoms with Gasteiger partial charge in [-0.05, 0) is 34.5 Å². The molecule has 0 saturated carbocycles. The Morgan fingerprint density at radius 1 is 1.04 bits per heavy atom. The lowest BCUT2D eigenvalue weighted by Crippen LogP contribution is -2.21. The van der Waals surface area contributed by atoms with Crippen molar-refractivity contribution < 1.29 is 4.74 Å². The minimum atomic E-state index is -0.133. The van der Waals surface area contributed by atoms with Crippen LogP contribution in [-0.4, -0.2) is 0 Å². The van der Waals surface area contributed by atoms with Crippen molar-refractivity contribution in [3.05, 3.63) is 88.3 Å². The summed E-state index contributed by atoms with van der Waals surface area (Å²) in [6.45, 7) is 0. The zero-order chi connectivity index (χ0) is 17.4. The van der Waals surface area contributed by atoms with Crippen LogP contribution in [0.25, 0.3) is 10.8 Å². The molecule has 1 aliphatic heterocycles. The van der Waals surface area contributed by atoms with E-state index >= 15 is 0 Å². The van der Waals surface area contributed by atoms with Crippen molar-refractivity contribution in [2.24, 2.45) is 5.73 Å². The summed E-state index contributed by atoms with van der Waals surface area (Å²) >= 11 is 6.06. The van der Waals surface area contributed by atoms with Crippen LogP contribution in [-0.2, 0) is 0 Å². The molecule has 122 valence electrons. The Morgan fingerprint density at radius 3 is 2.56 bits per heavy atom. The van der Waals surface area contributed by atoms with E-state index in [0.29, 0.717) is 10.9 Å². The third-order valence-corrected chi connectivity index (χ3v) is 4.83. The monoisotopic (exact) mass is 346 g/mol. The molecule has 0 fully saturated rings. The number of hydrogen-bond donors (Lipinski definition) is 1. The molecule has 0 spiro atoms. The average molecular weight is 347 g/mol. The van der Waals surface area contributed by atoms with E-state index in [-0.39, 0.29) is 12.3 Å². The molecule has 3 nitrogen and oxygen atoms in total. The molecule has 0 aliphatic carbocycles. The molecule has 0 saturated heterocycles. The van der Waals surface area contributed by atoms with Gasteiger partial charge in [-0.25, -0.2) is 0 Å². The number of halogens is 1. The predicted octanol–water partition coefficient (Wildman–Crippen LogP) is 5.10. The largest absolute Gasteiger partial charge is 0.441 e. The molecule has 25 heavy (non-hydrogen) atoms. The van der Waals surface area contributed by atoms with E-state index in [2.05, 4.69) is 18.2 Å². The first-order chi connectivity index (χ1) is 12.2. The van der Waals surface area contributed by atoms with Gasteiger partial charge >= 0.3 is 0 Å². The van der Waals surface area contributed by atoms with Crippen LogP contribution in [0.15, 0.2) is 72.1 Å². The van der Waals surface area contributed by atoms with Gasteiger partial charge in [0.1, 0.15) is 5.75 Å². The van der Waals surface area contributed by atoms with Gasteiger partial charge in [0, 0.05) is 22.1 Å². The number of benzene rings is 3. The number of fused-ring (bicyclic) bond motifs is 3. The number of hydrogen-bond acceptors (Lipinski definition) is 3. The fraction of sp³-hybridized carbons (Fsp3) is 0.0952. The molecule has 1 heterocycles. The molecule has 3 aromatic rings. The summed E-state index contributed by atoms with van der Waals surface area (Å²) in [6.07, 6.45) is 0.210. The highest BCUT2D eigenvalue weighted by atomic mass is 35.5. The molecule has 0 bridgehead atoms. The van der Waals surface area contributed by atoms with Gasteiger partial charge in [-0.15, -0.1) is 0 Å². The third kappa shape index (κ3) is 2.61. The zero-order valence-corrected chi connectivity index (χ0v) is 14.1. The van der Waals surface area contributed by atoms with Crippen LogP contribution in [0.5, 0.6) is 5.75 Å². The summed E-state index contributed by atoms with van der Waals surface area (Å²) in [6, 6.07) is 22.0. The van der Waals surface area contributed by atoms with Gasteiger partial charge in [0.05, 0.1) is 12.5 Å². The highest BCUT2D eigenvalue weighted by Crippen LogP contribution is 2.46. The Kier molecular flexibility index (Phi) is 3.83. The number of nitrogens with zero attached hydrogens (tertiary/aromatic N) is 1. The topological polar surface area (TPSA) is 59.0 Å². The van der Waals surface area contributed by atoms with Crippen LogP contribution in [0.2, 0.25) is 5.02 Å². The van der Waals surface area contributed by atoms with Gasteiger partial charge in [-0.1, -0.05) is 54.1 Å². The molecular weight excluding hydrogens is 332 g/mol. The maximum absolute atomic E-state index is 9.29. The minimum absolute atomic E-state index is 0.133. The van der Waals surface area contributed by atoms with Crippen LogP contribution in [0, 0.1) is 11.3 Å². The Hall–Kier alpha value is -2.96.